The molecule has 0 fully saturated rings. The summed E-state index contributed by atoms with van der Waals surface area (Å²) in [4.78, 5) is 32.3. The van der Waals surface area contributed by atoms with E-state index in [0.717, 1.165) is 11.2 Å². The van der Waals surface area contributed by atoms with Crippen molar-refractivity contribution in [2.45, 2.75) is 0 Å². The van der Waals surface area contributed by atoms with Gasteiger partial charge in [0.15, 0.2) is 5.88 Å². The highest BCUT2D eigenvalue weighted by atomic mass is 19.1. The van der Waals surface area contributed by atoms with Gasteiger partial charge in [0.1, 0.15) is 5.82 Å². The fourth-order valence-corrected chi connectivity index (χ4v) is 4.17. The molecular formula is C28H25FN6O2. The first-order chi connectivity index (χ1) is 17.8. The number of amides is 1. The molecule has 0 radical (unpaired) electrons. The predicted molar refractivity (Wildman–Crippen MR) is 143 cm³/mol. The standard InChI is InChI=1S/C28H25FN6O2/c1-34(2)16-25(36)35(3)20-8-6-19(7-9-20)32-27(17-4-11-22-24(14-17)31-13-12-30-22)26-21-10-5-18(29)15-23(21)33-28(26)37/h4-15,33,37H,16H2,1-3H3. The number of aromatic hydroxyl groups is 1. The fraction of sp³-hybridized carbons (Fsp3) is 0.143. The van der Waals surface area contributed by atoms with Crippen molar-refractivity contribution in [3.8, 4) is 5.88 Å². The van der Waals surface area contributed by atoms with Crippen molar-refractivity contribution < 1.29 is 14.3 Å². The number of nitrogens with zero attached hydrogens (tertiary/aromatic N) is 5. The Morgan fingerprint density at radius 2 is 1.70 bits per heavy atom. The summed E-state index contributed by atoms with van der Waals surface area (Å²) in [5, 5.41) is 11.5. The first-order valence-electron chi connectivity index (χ1n) is 11.6. The van der Waals surface area contributed by atoms with Crippen LogP contribution in [0.3, 0.4) is 0 Å². The van der Waals surface area contributed by atoms with Crippen LogP contribution < -0.4 is 4.90 Å². The molecular weight excluding hydrogens is 471 g/mol. The number of carbonyl (C=O) groups excluding carboxylic acids is 1. The van der Waals surface area contributed by atoms with Gasteiger partial charge in [-0.2, -0.15) is 0 Å². The lowest BCUT2D eigenvalue weighted by Gasteiger charge is -2.19. The molecule has 0 spiro atoms. The molecule has 2 aromatic heterocycles. The molecule has 0 atom stereocenters. The van der Waals surface area contributed by atoms with Crippen LogP contribution in [0.2, 0.25) is 0 Å². The maximum absolute atomic E-state index is 13.9. The minimum Gasteiger partial charge on any atom is -0.494 e. The van der Waals surface area contributed by atoms with Crippen LogP contribution in [0.5, 0.6) is 5.88 Å². The molecule has 37 heavy (non-hydrogen) atoms. The fourth-order valence-electron chi connectivity index (χ4n) is 4.17. The Bertz CT molecular complexity index is 1640. The largest absolute Gasteiger partial charge is 0.494 e. The quantitative estimate of drug-likeness (QED) is 0.334. The van der Waals surface area contributed by atoms with Gasteiger partial charge in [-0.05, 0) is 68.7 Å². The van der Waals surface area contributed by atoms with Gasteiger partial charge < -0.3 is 19.9 Å². The summed E-state index contributed by atoms with van der Waals surface area (Å²) in [5.74, 6) is -0.567. The van der Waals surface area contributed by atoms with Crippen LogP contribution in [0.25, 0.3) is 21.9 Å². The highest BCUT2D eigenvalue weighted by Gasteiger charge is 2.20. The van der Waals surface area contributed by atoms with E-state index in [2.05, 4.69) is 15.0 Å². The number of hydrogen-bond donors (Lipinski definition) is 2. The maximum atomic E-state index is 13.9. The molecule has 0 unspecified atom stereocenters. The molecule has 0 aliphatic rings. The summed E-state index contributed by atoms with van der Waals surface area (Å²) in [6.45, 7) is 0.297. The highest BCUT2D eigenvalue weighted by molar-refractivity contribution is 6.22. The van der Waals surface area contributed by atoms with E-state index < -0.39 is 5.82 Å². The van der Waals surface area contributed by atoms with Crippen molar-refractivity contribution in [2.24, 2.45) is 4.99 Å². The number of fused-ring (bicyclic) bond motifs is 2. The zero-order chi connectivity index (χ0) is 26.1. The first kappa shape index (κ1) is 24.1. The summed E-state index contributed by atoms with van der Waals surface area (Å²) in [6.07, 6.45) is 3.24. The second-order valence-electron chi connectivity index (χ2n) is 8.97. The Hall–Kier alpha value is -4.63. The maximum Gasteiger partial charge on any atom is 0.240 e. The van der Waals surface area contributed by atoms with Gasteiger partial charge in [-0.25, -0.2) is 9.38 Å². The Balaban J connectivity index is 1.62. The van der Waals surface area contributed by atoms with E-state index in [0.29, 0.717) is 45.5 Å². The second kappa shape index (κ2) is 9.79. The molecule has 0 aliphatic heterocycles. The van der Waals surface area contributed by atoms with Crippen molar-refractivity contribution in [3.05, 3.63) is 90.0 Å². The average molecular weight is 497 g/mol. The summed E-state index contributed by atoms with van der Waals surface area (Å²) in [7, 11) is 5.42. The van der Waals surface area contributed by atoms with Crippen LogP contribution in [-0.2, 0) is 4.79 Å². The average Bonchev–Trinajstić information content (AvgIpc) is 3.21. The number of halogens is 1. The number of hydrogen-bond acceptors (Lipinski definition) is 6. The van der Waals surface area contributed by atoms with E-state index in [1.165, 1.54) is 12.1 Å². The molecule has 1 amide bonds. The van der Waals surface area contributed by atoms with Crippen LogP contribution in [-0.4, -0.2) is 64.3 Å². The van der Waals surface area contributed by atoms with Gasteiger partial charge in [0.05, 0.1) is 40.1 Å². The molecule has 9 heteroatoms. The molecule has 0 aliphatic carbocycles. The second-order valence-corrected chi connectivity index (χ2v) is 8.97. The van der Waals surface area contributed by atoms with E-state index in [1.807, 2.05) is 49.3 Å². The molecule has 0 saturated carbocycles. The molecule has 8 nitrogen and oxygen atoms in total. The van der Waals surface area contributed by atoms with Crippen molar-refractivity contribution >= 4 is 44.9 Å². The Labute approximate surface area is 212 Å². The van der Waals surface area contributed by atoms with Crippen LogP contribution in [0.1, 0.15) is 11.1 Å². The summed E-state index contributed by atoms with van der Waals surface area (Å²) < 4.78 is 13.9. The molecule has 5 aromatic rings. The lowest BCUT2D eigenvalue weighted by molar-refractivity contribution is -0.118. The molecule has 2 N–H and O–H groups in total. The molecule has 0 bridgehead atoms. The van der Waals surface area contributed by atoms with E-state index in [4.69, 9.17) is 4.99 Å². The first-order valence-corrected chi connectivity index (χ1v) is 11.6. The van der Waals surface area contributed by atoms with Gasteiger partial charge in [-0.1, -0.05) is 6.07 Å². The van der Waals surface area contributed by atoms with Gasteiger partial charge >= 0.3 is 0 Å². The third-order valence-corrected chi connectivity index (χ3v) is 6.02. The van der Waals surface area contributed by atoms with Gasteiger partial charge in [0.2, 0.25) is 5.91 Å². The third-order valence-electron chi connectivity index (χ3n) is 6.02. The van der Waals surface area contributed by atoms with Crippen molar-refractivity contribution in [2.75, 3.05) is 32.6 Å². The van der Waals surface area contributed by atoms with E-state index in [1.54, 1.807) is 42.5 Å². The normalized spacial score (nSPS) is 12.0. The predicted octanol–water partition coefficient (Wildman–Crippen LogP) is 4.65. The number of nitrogens with one attached hydrogen (secondary N) is 1. The van der Waals surface area contributed by atoms with Crippen LogP contribution in [0, 0.1) is 5.82 Å². The third kappa shape index (κ3) is 4.89. The number of aliphatic imine (C=N–C) groups is 1. The number of anilines is 1. The Kier molecular flexibility index (Phi) is 6.37. The van der Waals surface area contributed by atoms with Crippen LogP contribution in [0.4, 0.5) is 15.8 Å². The Morgan fingerprint density at radius 1 is 0.973 bits per heavy atom. The number of H-pyrrole nitrogens is 1. The molecule has 2 heterocycles. The summed E-state index contributed by atoms with van der Waals surface area (Å²) >= 11 is 0. The van der Waals surface area contributed by atoms with Gasteiger partial charge in [0, 0.05) is 36.1 Å². The Morgan fingerprint density at radius 3 is 2.43 bits per heavy atom. The molecule has 0 saturated heterocycles. The number of aromatic nitrogens is 3. The van der Waals surface area contributed by atoms with Crippen LogP contribution in [0.15, 0.2) is 78.0 Å². The smallest absolute Gasteiger partial charge is 0.240 e. The number of likely N-dealkylation sites (N-methyl/N-ethyl adjacent to an activating group) is 2. The highest BCUT2D eigenvalue weighted by Crippen LogP contribution is 2.32. The van der Waals surface area contributed by atoms with E-state index in [9.17, 15) is 14.3 Å². The zero-order valence-electron chi connectivity index (χ0n) is 20.6. The van der Waals surface area contributed by atoms with Gasteiger partial charge in [-0.15, -0.1) is 0 Å². The summed E-state index contributed by atoms with van der Waals surface area (Å²) in [5.41, 5.74) is 4.84. The molecule has 5 rings (SSSR count). The minimum atomic E-state index is -0.414. The monoisotopic (exact) mass is 496 g/mol. The summed E-state index contributed by atoms with van der Waals surface area (Å²) in [6, 6.07) is 17.1. The number of carbonyl (C=O) groups is 1. The van der Waals surface area contributed by atoms with Crippen molar-refractivity contribution in [3.63, 3.8) is 0 Å². The molecule has 3 aromatic carbocycles. The van der Waals surface area contributed by atoms with Gasteiger partial charge in [-0.3, -0.25) is 14.8 Å². The van der Waals surface area contributed by atoms with Crippen molar-refractivity contribution in [1.82, 2.24) is 19.9 Å². The lowest BCUT2D eigenvalue weighted by Crippen LogP contribution is -2.34. The SMILES string of the molecule is CN(C)CC(=O)N(C)c1ccc(N=C(c2ccc3nccnc3c2)c2c(O)[nH]c3cc(F)ccc23)cc1. The number of benzene rings is 3. The minimum absolute atomic E-state index is 0.0323. The molecule has 186 valence electrons. The van der Waals surface area contributed by atoms with Crippen molar-refractivity contribution in [1.29, 1.82) is 0 Å². The number of rotatable bonds is 6. The topological polar surface area (TPSA) is 97.7 Å². The van der Waals surface area contributed by atoms with E-state index in [-0.39, 0.29) is 11.8 Å². The zero-order valence-corrected chi connectivity index (χ0v) is 20.6. The van der Waals surface area contributed by atoms with Crippen LogP contribution >= 0.6 is 0 Å². The van der Waals surface area contributed by atoms with Gasteiger partial charge in [0.25, 0.3) is 0 Å². The lowest BCUT2D eigenvalue weighted by atomic mass is 10.00. The number of aromatic amines is 1. The van der Waals surface area contributed by atoms with E-state index >= 15 is 0 Å².